The first-order chi connectivity index (χ1) is 19.3. The Bertz CT molecular complexity index is 1670. The zero-order valence-electron chi connectivity index (χ0n) is 21.3. The first-order valence-corrected chi connectivity index (χ1v) is 12.4. The molecule has 0 saturated carbocycles. The Morgan fingerprint density at radius 3 is 2.55 bits per heavy atom. The Balaban J connectivity index is 1.34. The highest BCUT2D eigenvalue weighted by Gasteiger charge is 2.28. The maximum atomic E-state index is 14.1. The van der Waals surface area contributed by atoms with Crippen molar-refractivity contribution in [3.05, 3.63) is 96.2 Å². The van der Waals surface area contributed by atoms with Gasteiger partial charge in [0.25, 0.3) is 0 Å². The molecule has 1 aliphatic rings. The molecule has 0 aliphatic carbocycles. The van der Waals surface area contributed by atoms with Gasteiger partial charge >= 0.3 is 0 Å². The second-order valence-corrected chi connectivity index (χ2v) is 9.13. The van der Waals surface area contributed by atoms with Gasteiger partial charge in [-0.15, -0.1) is 0 Å². The van der Waals surface area contributed by atoms with E-state index in [1.54, 1.807) is 27.9 Å². The van der Waals surface area contributed by atoms with Gasteiger partial charge in [-0.25, -0.2) is 23.3 Å². The minimum Gasteiger partial charge on any atom is -0.404 e. The Hall–Kier alpha value is -5.15. The summed E-state index contributed by atoms with van der Waals surface area (Å²) >= 11 is 0. The zero-order valence-corrected chi connectivity index (χ0v) is 21.3. The van der Waals surface area contributed by atoms with E-state index < -0.39 is 23.6 Å². The number of piperazine rings is 1. The van der Waals surface area contributed by atoms with Gasteiger partial charge in [0.05, 0.1) is 23.8 Å². The fourth-order valence-electron chi connectivity index (χ4n) is 4.65. The van der Waals surface area contributed by atoms with Crippen LogP contribution in [0.1, 0.15) is 22.9 Å². The monoisotopic (exact) mass is 541 g/mol. The molecule has 4 N–H and O–H groups in total. The van der Waals surface area contributed by atoms with Crippen molar-refractivity contribution < 1.29 is 13.6 Å². The highest BCUT2D eigenvalue weighted by Crippen LogP contribution is 2.28. The van der Waals surface area contributed by atoms with Gasteiger partial charge in [-0.2, -0.15) is 10.4 Å². The smallest absolute Gasteiger partial charge is 0.244 e. The van der Waals surface area contributed by atoms with E-state index in [2.05, 4.69) is 22.7 Å². The summed E-state index contributed by atoms with van der Waals surface area (Å²) in [6.45, 7) is 5.47. The first kappa shape index (κ1) is 26.5. The van der Waals surface area contributed by atoms with E-state index in [1.807, 2.05) is 17.0 Å². The number of hydrogen-bond acceptors (Lipinski definition) is 8. The topological polar surface area (TPSA) is 142 Å². The number of rotatable bonds is 6. The molecule has 202 valence electrons. The van der Waals surface area contributed by atoms with E-state index in [0.29, 0.717) is 71.7 Å². The van der Waals surface area contributed by atoms with E-state index in [0.717, 1.165) is 6.07 Å². The largest absolute Gasteiger partial charge is 0.404 e. The number of halogens is 2. The predicted octanol–water partition coefficient (Wildman–Crippen LogP) is 2.78. The van der Waals surface area contributed by atoms with Crippen LogP contribution in [0.5, 0.6) is 0 Å². The third-order valence-corrected chi connectivity index (χ3v) is 6.81. The van der Waals surface area contributed by atoms with Gasteiger partial charge in [0, 0.05) is 61.3 Å². The summed E-state index contributed by atoms with van der Waals surface area (Å²) in [7, 11) is 0. The standard InChI is InChI=1S/C28H25F2N9O/c1-2-17(12-31)23-16-39-27(19(13-32)15-35-39)26(36-23)18-3-6-24(34-14-18)37-7-9-38(10-8-37)28(40)25(33)21-5-4-20(29)11-22(21)30/h2-6,11-12,14-16,25H,1,7-10,31,33H2/b17-12+. The molecule has 0 radical (unpaired) electrons. The van der Waals surface area contributed by atoms with Crippen molar-refractivity contribution in [1.82, 2.24) is 24.5 Å². The molecule has 1 unspecified atom stereocenters. The Morgan fingerprint density at radius 1 is 1.15 bits per heavy atom. The number of nitrogens with two attached hydrogens (primary N) is 2. The molecule has 3 aromatic heterocycles. The molecule has 1 atom stereocenters. The minimum atomic E-state index is -1.22. The number of anilines is 1. The maximum Gasteiger partial charge on any atom is 0.244 e. The summed E-state index contributed by atoms with van der Waals surface area (Å²) in [5.74, 6) is -1.31. The number of nitrogens with zero attached hydrogens (tertiary/aromatic N) is 7. The van der Waals surface area contributed by atoms with Crippen LogP contribution >= 0.6 is 0 Å². The molecule has 1 aromatic carbocycles. The van der Waals surface area contributed by atoms with Gasteiger partial charge < -0.3 is 21.3 Å². The van der Waals surface area contributed by atoms with Crippen molar-refractivity contribution in [2.24, 2.45) is 11.5 Å². The van der Waals surface area contributed by atoms with Crippen molar-refractivity contribution in [3.63, 3.8) is 0 Å². The molecule has 0 spiro atoms. The van der Waals surface area contributed by atoms with E-state index in [4.69, 9.17) is 16.5 Å². The lowest BCUT2D eigenvalue weighted by atomic mass is 10.1. The molecule has 0 bridgehead atoms. The van der Waals surface area contributed by atoms with Crippen LogP contribution in [0.25, 0.3) is 22.3 Å². The number of fused-ring (bicyclic) bond motifs is 1. The molecule has 1 fully saturated rings. The number of pyridine rings is 1. The van der Waals surface area contributed by atoms with E-state index in [9.17, 15) is 18.8 Å². The molecule has 1 aliphatic heterocycles. The van der Waals surface area contributed by atoms with E-state index in [-0.39, 0.29) is 5.56 Å². The average molecular weight is 542 g/mol. The van der Waals surface area contributed by atoms with Crippen LogP contribution in [-0.2, 0) is 4.79 Å². The van der Waals surface area contributed by atoms with Crippen LogP contribution < -0.4 is 16.4 Å². The summed E-state index contributed by atoms with van der Waals surface area (Å²) in [6, 6.07) is 7.61. The van der Waals surface area contributed by atoms with Gasteiger partial charge in [0.1, 0.15) is 40.6 Å². The first-order valence-electron chi connectivity index (χ1n) is 12.4. The normalized spacial score (nSPS) is 14.7. The van der Waals surface area contributed by atoms with Crippen LogP contribution in [0.15, 0.2) is 67.8 Å². The molecule has 10 nitrogen and oxygen atoms in total. The van der Waals surface area contributed by atoms with Crippen molar-refractivity contribution in [2.75, 3.05) is 31.1 Å². The quantitative estimate of drug-likeness (QED) is 0.355. The number of amides is 1. The Morgan fingerprint density at radius 2 is 1.93 bits per heavy atom. The van der Waals surface area contributed by atoms with Gasteiger partial charge in [-0.1, -0.05) is 18.7 Å². The van der Waals surface area contributed by atoms with Gasteiger partial charge in [0.15, 0.2) is 0 Å². The third kappa shape index (κ3) is 4.85. The average Bonchev–Trinajstić information content (AvgIpc) is 3.40. The minimum absolute atomic E-state index is 0.0437. The molecule has 4 heterocycles. The predicted molar refractivity (Wildman–Crippen MR) is 145 cm³/mol. The zero-order chi connectivity index (χ0) is 28.4. The van der Waals surface area contributed by atoms with E-state index in [1.165, 1.54) is 18.5 Å². The molecule has 4 aromatic rings. The van der Waals surface area contributed by atoms with Crippen LogP contribution in [0.4, 0.5) is 14.6 Å². The van der Waals surface area contributed by atoms with Crippen molar-refractivity contribution in [2.45, 2.75) is 6.04 Å². The summed E-state index contributed by atoms with van der Waals surface area (Å²) < 4.78 is 29.0. The fraction of sp³-hybridized carbons (Fsp3) is 0.179. The molecular weight excluding hydrogens is 516 g/mol. The van der Waals surface area contributed by atoms with Crippen LogP contribution in [0, 0.1) is 23.0 Å². The molecule has 5 rings (SSSR count). The number of allylic oxidation sites excluding steroid dienone is 2. The summed E-state index contributed by atoms with van der Waals surface area (Å²) in [5.41, 5.74) is 15.0. The molecule has 1 amide bonds. The van der Waals surface area contributed by atoms with Crippen LogP contribution in [0.2, 0.25) is 0 Å². The number of carbonyl (C=O) groups excluding carboxylic acids is 1. The summed E-state index contributed by atoms with van der Waals surface area (Å²) in [5, 5.41) is 13.9. The van der Waals surface area contributed by atoms with Gasteiger partial charge in [-0.05, 0) is 18.2 Å². The van der Waals surface area contributed by atoms with Crippen molar-refractivity contribution in [3.8, 4) is 17.3 Å². The lowest BCUT2D eigenvalue weighted by Gasteiger charge is -2.36. The second-order valence-electron chi connectivity index (χ2n) is 9.13. The van der Waals surface area contributed by atoms with Crippen LogP contribution in [0.3, 0.4) is 0 Å². The van der Waals surface area contributed by atoms with Gasteiger partial charge in [0.2, 0.25) is 5.91 Å². The van der Waals surface area contributed by atoms with Crippen molar-refractivity contribution in [1.29, 1.82) is 5.26 Å². The maximum absolute atomic E-state index is 14.1. The number of aromatic nitrogens is 4. The van der Waals surface area contributed by atoms with E-state index >= 15 is 0 Å². The number of hydrogen-bond donors (Lipinski definition) is 2. The molecule has 1 saturated heterocycles. The summed E-state index contributed by atoms with van der Waals surface area (Å²) in [6.07, 6.45) is 7.80. The van der Waals surface area contributed by atoms with Gasteiger partial charge in [-0.3, -0.25) is 4.79 Å². The third-order valence-electron chi connectivity index (χ3n) is 6.81. The molecule has 40 heavy (non-hydrogen) atoms. The van der Waals surface area contributed by atoms with Crippen LogP contribution in [-0.4, -0.2) is 56.6 Å². The highest BCUT2D eigenvalue weighted by molar-refractivity contribution is 5.84. The fourth-order valence-corrected chi connectivity index (χ4v) is 4.65. The number of carbonyl (C=O) groups is 1. The number of nitriles is 1. The SMILES string of the molecule is C=C/C(=C\N)c1cn2ncc(C#N)c2c(-c2ccc(N3CCN(C(=O)C(N)c4ccc(F)cc4F)CC3)nc2)n1. The Kier molecular flexibility index (Phi) is 7.22. The second kappa shape index (κ2) is 10.9. The lowest BCUT2D eigenvalue weighted by Crippen LogP contribution is -2.51. The number of benzene rings is 1. The lowest BCUT2D eigenvalue weighted by molar-refractivity contribution is -0.133. The summed E-state index contributed by atoms with van der Waals surface area (Å²) in [4.78, 5) is 25.8. The molecule has 12 heteroatoms. The Labute approximate surface area is 228 Å². The highest BCUT2D eigenvalue weighted by atomic mass is 19.1. The van der Waals surface area contributed by atoms with Crippen molar-refractivity contribution >= 4 is 22.8 Å². The molecular formula is C28H25F2N9O.